The van der Waals surface area contributed by atoms with E-state index < -0.39 is 6.10 Å². The number of hydrogen-bond acceptors (Lipinski definition) is 2. The molecular weight excluding hydrogens is 283 g/mol. The summed E-state index contributed by atoms with van der Waals surface area (Å²) in [5.74, 6) is 0.173. The molecule has 2 unspecified atom stereocenters. The summed E-state index contributed by atoms with van der Waals surface area (Å²) in [6, 6.07) is 1.76. The van der Waals surface area contributed by atoms with Crippen molar-refractivity contribution in [3.8, 4) is 0 Å². The van der Waals surface area contributed by atoms with Crippen LogP contribution in [0.4, 0.5) is 0 Å². The Labute approximate surface area is 123 Å². The van der Waals surface area contributed by atoms with Gasteiger partial charge >= 0.3 is 0 Å². The Balaban J connectivity index is 2.53. The Kier molecular flexibility index (Phi) is 4.71. The predicted molar refractivity (Wildman–Crippen MR) is 78.9 cm³/mol. The van der Waals surface area contributed by atoms with Crippen LogP contribution in [0.15, 0.2) is 18.6 Å². The molecule has 2 aromatic heterocycles. The van der Waals surface area contributed by atoms with E-state index in [-0.39, 0.29) is 5.92 Å². The zero-order valence-electron chi connectivity index (χ0n) is 11.1. The van der Waals surface area contributed by atoms with Gasteiger partial charge in [0.15, 0.2) is 0 Å². The third kappa shape index (κ3) is 2.73. The normalized spacial score (nSPS) is 14.8. The number of rotatable bonds is 5. The van der Waals surface area contributed by atoms with Crippen molar-refractivity contribution in [3.05, 3.63) is 34.3 Å². The Bertz CT molecular complexity index is 568. The quantitative estimate of drug-likeness (QED) is 0.883. The maximum Gasteiger partial charge on any atom is 0.0995 e. The number of aliphatic hydroxyl groups is 1. The third-order valence-electron chi connectivity index (χ3n) is 3.55. The summed E-state index contributed by atoms with van der Waals surface area (Å²) in [4.78, 5) is 4.09. The number of pyridine rings is 1. The summed E-state index contributed by atoms with van der Waals surface area (Å²) in [7, 11) is 0. The van der Waals surface area contributed by atoms with Gasteiger partial charge in [0.05, 0.1) is 39.9 Å². The zero-order valence-corrected chi connectivity index (χ0v) is 12.6. The van der Waals surface area contributed by atoms with Gasteiger partial charge in [-0.1, -0.05) is 49.9 Å². The highest BCUT2D eigenvalue weighted by molar-refractivity contribution is 6.42. The van der Waals surface area contributed by atoms with E-state index >= 15 is 0 Å². The fraction of sp³-hybridized carbons (Fsp3) is 0.500. The molecule has 0 spiro atoms. The molecule has 0 saturated heterocycles. The van der Waals surface area contributed by atoms with Crippen LogP contribution in [-0.2, 0) is 0 Å². The number of aromatic nitrogens is 2. The molecule has 0 aromatic carbocycles. The van der Waals surface area contributed by atoms with Gasteiger partial charge in [0, 0.05) is 0 Å². The van der Waals surface area contributed by atoms with Crippen molar-refractivity contribution in [1.82, 2.24) is 9.38 Å². The lowest BCUT2D eigenvalue weighted by Gasteiger charge is -2.23. The lowest BCUT2D eigenvalue weighted by Crippen LogP contribution is -2.15. The molecule has 0 aliphatic rings. The number of fused-ring (bicyclic) bond motifs is 1. The fourth-order valence-corrected chi connectivity index (χ4v) is 2.95. The van der Waals surface area contributed by atoms with E-state index in [1.165, 1.54) is 0 Å². The van der Waals surface area contributed by atoms with Crippen LogP contribution < -0.4 is 0 Å². The Morgan fingerprint density at radius 1 is 1.37 bits per heavy atom. The summed E-state index contributed by atoms with van der Waals surface area (Å²) in [5.41, 5.74) is 1.48. The molecular formula is C14H18Cl2N2O. The molecule has 0 aliphatic carbocycles. The monoisotopic (exact) mass is 300 g/mol. The second-order valence-electron chi connectivity index (χ2n) is 4.78. The summed E-state index contributed by atoms with van der Waals surface area (Å²) in [5, 5.41) is 11.5. The molecule has 3 nitrogen and oxygen atoms in total. The van der Waals surface area contributed by atoms with E-state index in [0.29, 0.717) is 15.7 Å². The first-order valence-electron chi connectivity index (χ1n) is 6.58. The largest absolute Gasteiger partial charge is 0.387 e. The van der Waals surface area contributed by atoms with Crippen molar-refractivity contribution >= 4 is 28.7 Å². The number of halogens is 2. The van der Waals surface area contributed by atoms with Gasteiger partial charge in [0.2, 0.25) is 0 Å². The molecule has 104 valence electrons. The molecule has 1 N–H and O–H groups in total. The highest BCUT2D eigenvalue weighted by atomic mass is 35.5. The first-order chi connectivity index (χ1) is 9.10. The van der Waals surface area contributed by atoms with Gasteiger partial charge in [-0.3, -0.25) is 4.40 Å². The van der Waals surface area contributed by atoms with Crippen LogP contribution >= 0.6 is 23.2 Å². The molecule has 5 heteroatoms. The van der Waals surface area contributed by atoms with Crippen LogP contribution in [0.3, 0.4) is 0 Å². The van der Waals surface area contributed by atoms with Crippen molar-refractivity contribution in [2.45, 2.75) is 39.2 Å². The van der Waals surface area contributed by atoms with Crippen LogP contribution in [0.25, 0.3) is 5.52 Å². The van der Waals surface area contributed by atoms with E-state index in [9.17, 15) is 5.11 Å². The average molecular weight is 301 g/mol. The van der Waals surface area contributed by atoms with Gasteiger partial charge in [-0.15, -0.1) is 0 Å². The van der Waals surface area contributed by atoms with Gasteiger partial charge in [0.25, 0.3) is 0 Å². The van der Waals surface area contributed by atoms with Crippen LogP contribution in [0.2, 0.25) is 10.0 Å². The minimum absolute atomic E-state index is 0.173. The van der Waals surface area contributed by atoms with Crippen molar-refractivity contribution in [3.63, 3.8) is 0 Å². The maximum absolute atomic E-state index is 10.6. The van der Waals surface area contributed by atoms with E-state index in [0.717, 1.165) is 24.8 Å². The highest BCUT2D eigenvalue weighted by Crippen LogP contribution is 2.36. The minimum atomic E-state index is -0.632. The van der Waals surface area contributed by atoms with Crippen molar-refractivity contribution < 1.29 is 5.11 Å². The van der Waals surface area contributed by atoms with Crippen molar-refractivity contribution in [2.24, 2.45) is 5.92 Å². The standard InChI is InChI=1S/C14H18Cl2N2O/c1-3-5-9(4-2)14(19)13-12(16)11(15)6-10-7-17-8-18(10)13/h6-9,14,19H,3-5H2,1-2H3. The summed E-state index contributed by atoms with van der Waals surface area (Å²) < 4.78 is 1.82. The number of nitrogens with zero attached hydrogens (tertiary/aromatic N) is 2. The van der Waals surface area contributed by atoms with Crippen LogP contribution in [0.5, 0.6) is 0 Å². The second-order valence-corrected chi connectivity index (χ2v) is 5.57. The summed E-state index contributed by atoms with van der Waals surface area (Å²) in [6.45, 7) is 4.19. The van der Waals surface area contributed by atoms with Gasteiger partial charge in [-0.05, 0) is 18.4 Å². The average Bonchev–Trinajstić information content (AvgIpc) is 2.84. The first kappa shape index (κ1) is 14.6. The van der Waals surface area contributed by atoms with Gasteiger partial charge in [-0.2, -0.15) is 0 Å². The van der Waals surface area contributed by atoms with Gasteiger partial charge in [0.1, 0.15) is 0 Å². The van der Waals surface area contributed by atoms with Crippen molar-refractivity contribution in [1.29, 1.82) is 0 Å². The highest BCUT2D eigenvalue weighted by Gasteiger charge is 2.24. The Hall–Kier alpha value is -0.770. The van der Waals surface area contributed by atoms with Crippen LogP contribution in [0.1, 0.15) is 44.9 Å². The smallest absolute Gasteiger partial charge is 0.0995 e. The molecule has 2 atom stereocenters. The summed E-state index contributed by atoms with van der Waals surface area (Å²) >= 11 is 12.4. The zero-order chi connectivity index (χ0) is 14.0. The van der Waals surface area contributed by atoms with E-state index in [1.807, 2.05) is 4.40 Å². The number of hydrogen-bond donors (Lipinski definition) is 1. The van der Waals surface area contributed by atoms with E-state index in [1.54, 1.807) is 18.6 Å². The van der Waals surface area contributed by atoms with E-state index in [4.69, 9.17) is 23.2 Å². The number of imidazole rings is 1. The van der Waals surface area contributed by atoms with Crippen molar-refractivity contribution in [2.75, 3.05) is 0 Å². The Morgan fingerprint density at radius 2 is 2.11 bits per heavy atom. The molecule has 0 saturated carbocycles. The topological polar surface area (TPSA) is 37.5 Å². The number of aliphatic hydroxyl groups excluding tert-OH is 1. The van der Waals surface area contributed by atoms with Crippen LogP contribution in [0, 0.1) is 5.92 Å². The first-order valence-corrected chi connectivity index (χ1v) is 7.33. The van der Waals surface area contributed by atoms with Gasteiger partial charge in [-0.25, -0.2) is 4.98 Å². The Morgan fingerprint density at radius 3 is 2.74 bits per heavy atom. The fourth-order valence-electron chi connectivity index (χ4n) is 2.49. The third-order valence-corrected chi connectivity index (χ3v) is 4.34. The molecule has 2 heterocycles. The SMILES string of the molecule is CCCC(CC)C(O)c1c(Cl)c(Cl)cc2cncn12. The molecule has 0 aliphatic heterocycles. The molecule has 2 rings (SSSR count). The molecule has 19 heavy (non-hydrogen) atoms. The molecule has 0 radical (unpaired) electrons. The molecule has 0 amide bonds. The van der Waals surface area contributed by atoms with Gasteiger partial charge < -0.3 is 5.11 Å². The lowest BCUT2D eigenvalue weighted by atomic mass is 9.92. The lowest BCUT2D eigenvalue weighted by molar-refractivity contribution is 0.0948. The minimum Gasteiger partial charge on any atom is -0.387 e. The molecule has 2 aromatic rings. The summed E-state index contributed by atoms with van der Waals surface area (Å²) in [6.07, 6.45) is 5.62. The second kappa shape index (κ2) is 6.12. The predicted octanol–water partition coefficient (Wildman–Crippen LogP) is 4.50. The molecule has 0 fully saturated rings. The molecule has 0 bridgehead atoms. The van der Waals surface area contributed by atoms with Crippen LogP contribution in [-0.4, -0.2) is 14.5 Å². The van der Waals surface area contributed by atoms with E-state index in [2.05, 4.69) is 18.8 Å². The maximum atomic E-state index is 10.6.